The molecule has 1 aliphatic carbocycles. The molecule has 1 aliphatic rings. The molecule has 1 heterocycles. The summed E-state index contributed by atoms with van der Waals surface area (Å²) in [7, 11) is 1.86. The molecule has 3 aromatic rings. The lowest BCUT2D eigenvalue weighted by molar-refractivity contribution is 0.0714. The van der Waals surface area contributed by atoms with Gasteiger partial charge in [-0.3, -0.25) is 9.78 Å². The van der Waals surface area contributed by atoms with Gasteiger partial charge in [-0.05, 0) is 55.5 Å². The topological polar surface area (TPSA) is 33.2 Å². The van der Waals surface area contributed by atoms with Crippen molar-refractivity contribution in [3.8, 4) is 0 Å². The van der Waals surface area contributed by atoms with Crippen molar-refractivity contribution in [2.24, 2.45) is 0 Å². The number of hydrogen-bond donors (Lipinski definition) is 0. The molecule has 1 unspecified atom stereocenters. The third kappa shape index (κ3) is 2.85. The van der Waals surface area contributed by atoms with E-state index in [-0.39, 0.29) is 17.8 Å². The minimum Gasteiger partial charge on any atom is -0.335 e. The fourth-order valence-electron chi connectivity index (χ4n) is 3.92. The average Bonchev–Trinajstić information content (AvgIpc) is 2.66. The molecule has 0 N–H and O–H groups in total. The van der Waals surface area contributed by atoms with Crippen LogP contribution >= 0.6 is 0 Å². The minimum atomic E-state index is -0.320. The highest BCUT2D eigenvalue weighted by molar-refractivity contribution is 5.98. The third-order valence-electron chi connectivity index (χ3n) is 5.33. The summed E-state index contributed by atoms with van der Waals surface area (Å²) in [6.07, 6.45) is 3.11. The quantitative estimate of drug-likeness (QED) is 0.664. The Morgan fingerprint density at radius 2 is 2.00 bits per heavy atom. The van der Waals surface area contributed by atoms with Crippen LogP contribution in [0.4, 0.5) is 4.39 Å². The second-order valence-corrected chi connectivity index (χ2v) is 6.98. The van der Waals surface area contributed by atoms with Gasteiger partial charge in [-0.25, -0.2) is 4.39 Å². The van der Waals surface area contributed by atoms with Gasteiger partial charge in [-0.2, -0.15) is 0 Å². The summed E-state index contributed by atoms with van der Waals surface area (Å²) >= 11 is 0. The van der Waals surface area contributed by atoms with E-state index in [0.717, 1.165) is 24.6 Å². The standard InChI is InChI=1S/C22H21FN2O/c1-14-19(12-16-10-11-17(23)13-20(16)24-14)22(26)25(2)21-9-5-7-15-6-3-4-8-18(15)21/h3-4,6,8,10-13,21H,5,7,9H2,1-2H3. The van der Waals surface area contributed by atoms with Gasteiger partial charge >= 0.3 is 0 Å². The lowest BCUT2D eigenvalue weighted by atomic mass is 9.86. The Morgan fingerprint density at radius 3 is 2.85 bits per heavy atom. The van der Waals surface area contributed by atoms with Crippen molar-refractivity contribution in [1.82, 2.24) is 9.88 Å². The molecule has 4 rings (SSSR count). The number of amides is 1. The Bertz CT molecular complexity index is 999. The van der Waals surface area contributed by atoms with Gasteiger partial charge < -0.3 is 4.90 Å². The van der Waals surface area contributed by atoms with E-state index < -0.39 is 0 Å². The number of carbonyl (C=O) groups excluding carboxylic acids is 1. The van der Waals surface area contributed by atoms with Crippen molar-refractivity contribution < 1.29 is 9.18 Å². The molecule has 0 spiro atoms. The number of benzene rings is 2. The molecular formula is C22H21FN2O. The lowest BCUT2D eigenvalue weighted by Gasteiger charge is -2.33. The van der Waals surface area contributed by atoms with E-state index in [1.807, 2.05) is 24.1 Å². The number of hydrogen-bond acceptors (Lipinski definition) is 2. The Labute approximate surface area is 152 Å². The first-order valence-electron chi connectivity index (χ1n) is 8.96. The highest BCUT2D eigenvalue weighted by Crippen LogP contribution is 2.34. The second kappa shape index (κ2) is 6.52. The van der Waals surface area contributed by atoms with Crippen molar-refractivity contribution >= 4 is 16.8 Å². The van der Waals surface area contributed by atoms with Crippen molar-refractivity contribution in [2.75, 3.05) is 7.05 Å². The van der Waals surface area contributed by atoms with E-state index >= 15 is 0 Å². The zero-order chi connectivity index (χ0) is 18.3. The highest BCUT2D eigenvalue weighted by atomic mass is 19.1. The van der Waals surface area contributed by atoms with E-state index in [0.29, 0.717) is 16.8 Å². The van der Waals surface area contributed by atoms with Gasteiger partial charge in [0.15, 0.2) is 0 Å². The summed E-state index contributed by atoms with van der Waals surface area (Å²) in [4.78, 5) is 19.5. The van der Waals surface area contributed by atoms with Gasteiger partial charge in [0.1, 0.15) is 5.82 Å². The van der Waals surface area contributed by atoms with Crippen LogP contribution in [0.1, 0.15) is 46.1 Å². The second-order valence-electron chi connectivity index (χ2n) is 6.98. The molecule has 3 nitrogen and oxygen atoms in total. The number of fused-ring (bicyclic) bond motifs is 2. The Balaban J connectivity index is 1.71. The normalized spacial score (nSPS) is 16.3. The Kier molecular flexibility index (Phi) is 4.19. The largest absolute Gasteiger partial charge is 0.335 e. The number of aryl methyl sites for hydroxylation is 2. The van der Waals surface area contributed by atoms with Crippen LogP contribution in [0.25, 0.3) is 10.9 Å². The fourth-order valence-corrected chi connectivity index (χ4v) is 3.92. The van der Waals surface area contributed by atoms with E-state index in [1.54, 1.807) is 13.0 Å². The summed E-state index contributed by atoms with van der Waals surface area (Å²) in [5, 5.41) is 0.776. The monoisotopic (exact) mass is 348 g/mol. The first-order valence-corrected chi connectivity index (χ1v) is 8.96. The zero-order valence-corrected chi connectivity index (χ0v) is 15.0. The van der Waals surface area contributed by atoms with Gasteiger partial charge in [0.2, 0.25) is 0 Å². The number of carbonyl (C=O) groups is 1. The Morgan fingerprint density at radius 1 is 1.19 bits per heavy atom. The van der Waals surface area contributed by atoms with Crippen molar-refractivity contribution in [2.45, 2.75) is 32.2 Å². The maximum atomic E-state index is 13.4. The van der Waals surface area contributed by atoms with E-state index in [9.17, 15) is 9.18 Å². The molecule has 132 valence electrons. The minimum absolute atomic E-state index is 0.0390. The SMILES string of the molecule is Cc1nc2cc(F)ccc2cc1C(=O)N(C)C1CCCc2ccccc21. The molecule has 26 heavy (non-hydrogen) atoms. The van der Waals surface area contributed by atoms with Crippen LogP contribution in [0.3, 0.4) is 0 Å². The molecule has 0 aliphatic heterocycles. The number of nitrogens with zero attached hydrogens (tertiary/aromatic N) is 2. The van der Waals surface area contributed by atoms with Crippen molar-refractivity contribution in [1.29, 1.82) is 0 Å². The average molecular weight is 348 g/mol. The summed E-state index contributed by atoms with van der Waals surface area (Å²) < 4.78 is 13.4. The molecule has 0 bridgehead atoms. The summed E-state index contributed by atoms with van der Waals surface area (Å²) in [6.45, 7) is 1.81. The van der Waals surface area contributed by atoms with Gasteiger partial charge in [0.25, 0.3) is 5.91 Å². The molecule has 1 aromatic heterocycles. The number of aromatic nitrogens is 1. The van der Waals surface area contributed by atoms with Crippen molar-refractivity contribution in [3.63, 3.8) is 0 Å². The molecule has 4 heteroatoms. The number of pyridine rings is 1. The third-order valence-corrected chi connectivity index (χ3v) is 5.33. The van der Waals surface area contributed by atoms with Crippen LogP contribution < -0.4 is 0 Å². The van der Waals surface area contributed by atoms with Crippen LogP contribution in [0.5, 0.6) is 0 Å². The molecule has 1 atom stereocenters. The van der Waals surface area contributed by atoms with Gasteiger partial charge in [0.05, 0.1) is 22.8 Å². The predicted molar refractivity (Wildman–Crippen MR) is 101 cm³/mol. The van der Waals surface area contributed by atoms with Crippen LogP contribution in [0.15, 0.2) is 48.5 Å². The predicted octanol–water partition coefficient (Wildman–Crippen LogP) is 4.83. The summed E-state index contributed by atoms with van der Waals surface area (Å²) in [6, 6.07) is 14.7. The fraction of sp³-hybridized carbons (Fsp3) is 0.273. The smallest absolute Gasteiger partial charge is 0.255 e. The van der Waals surface area contributed by atoms with E-state index in [2.05, 4.69) is 23.2 Å². The number of rotatable bonds is 2. The maximum Gasteiger partial charge on any atom is 0.255 e. The first kappa shape index (κ1) is 16.7. The van der Waals surface area contributed by atoms with Gasteiger partial charge in [-0.1, -0.05) is 24.3 Å². The molecule has 0 saturated carbocycles. The molecular weight excluding hydrogens is 327 g/mol. The van der Waals surface area contributed by atoms with Crippen LogP contribution in [-0.4, -0.2) is 22.8 Å². The molecule has 2 aromatic carbocycles. The van der Waals surface area contributed by atoms with E-state index in [4.69, 9.17) is 0 Å². The molecule has 0 saturated heterocycles. The van der Waals surface area contributed by atoms with Gasteiger partial charge in [-0.15, -0.1) is 0 Å². The first-order chi connectivity index (χ1) is 12.5. The van der Waals surface area contributed by atoms with Gasteiger partial charge in [0, 0.05) is 18.5 Å². The van der Waals surface area contributed by atoms with Crippen LogP contribution in [0, 0.1) is 12.7 Å². The zero-order valence-electron chi connectivity index (χ0n) is 15.0. The van der Waals surface area contributed by atoms with E-state index in [1.165, 1.54) is 23.3 Å². The van der Waals surface area contributed by atoms with Crippen LogP contribution in [0.2, 0.25) is 0 Å². The van der Waals surface area contributed by atoms with Crippen molar-refractivity contribution in [3.05, 3.63) is 76.7 Å². The maximum absolute atomic E-state index is 13.4. The van der Waals surface area contributed by atoms with Crippen LogP contribution in [-0.2, 0) is 6.42 Å². The summed E-state index contributed by atoms with van der Waals surface area (Å²) in [5.41, 5.74) is 4.35. The molecule has 1 amide bonds. The number of halogens is 1. The molecule has 0 fully saturated rings. The lowest BCUT2D eigenvalue weighted by Crippen LogP contribution is -2.33. The highest BCUT2D eigenvalue weighted by Gasteiger charge is 2.28. The Hall–Kier alpha value is -2.75. The molecule has 0 radical (unpaired) electrons. The summed E-state index contributed by atoms with van der Waals surface area (Å²) in [5.74, 6) is -0.359.